The van der Waals surface area contributed by atoms with E-state index in [4.69, 9.17) is 0 Å². The van der Waals surface area contributed by atoms with Crippen LogP contribution in [0.4, 0.5) is 18.9 Å². The van der Waals surface area contributed by atoms with Crippen LogP contribution in [0.5, 0.6) is 0 Å². The van der Waals surface area contributed by atoms with E-state index < -0.39 is 18.3 Å². The molecule has 1 aliphatic rings. The number of aromatic nitrogens is 1. The van der Waals surface area contributed by atoms with Crippen molar-refractivity contribution in [2.24, 2.45) is 0 Å². The highest BCUT2D eigenvalue weighted by Crippen LogP contribution is 2.20. The smallest absolute Gasteiger partial charge is 0.321 e. The molecule has 7 heteroatoms. The van der Waals surface area contributed by atoms with Crippen molar-refractivity contribution < 1.29 is 18.0 Å². The first-order valence-corrected chi connectivity index (χ1v) is 7.09. The Morgan fingerprint density at radius 1 is 1.32 bits per heavy atom. The topological polar surface area (TPSA) is 51.1 Å². The lowest BCUT2D eigenvalue weighted by molar-refractivity contribution is -0.141. The summed E-state index contributed by atoms with van der Waals surface area (Å²) in [6.07, 6.45) is 2.67. The Bertz CT molecular complexity index is 632. The maximum Gasteiger partial charge on any atom is 0.406 e. The van der Waals surface area contributed by atoms with Crippen LogP contribution >= 0.6 is 0 Å². The van der Waals surface area contributed by atoms with Gasteiger partial charge in [0, 0.05) is 12.6 Å². The molecule has 120 valence electrons. The number of anilines is 1. The molecule has 0 saturated carbocycles. The van der Waals surface area contributed by atoms with E-state index >= 15 is 0 Å². The van der Waals surface area contributed by atoms with Crippen molar-refractivity contribution in [3.05, 3.63) is 40.3 Å². The van der Waals surface area contributed by atoms with Gasteiger partial charge in [-0.05, 0) is 37.8 Å². The molecule has 1 heterocycles. The van der Waals surface area contributed by atoms with Crippen molar-refractivity contribution in [3.8, 4) is 0 Å². The van der Waals surface area contributed by atoms with E-state index in [9.17, 15) is 22.8 Å². The molecule has 22 heavy (non-hydrogen) atoms. The number of hydrogen-bond donors (Lipinski definition) is 1. The summed E-state index contributed by atoms with van der Waals surface area (Å²) < 4.78 is 37.6. The minimum Gasteiger partial charge on any atom is -0.321 e. The molecule has 0 spiro atoms. The molecule has 1 aromatic rings. The summed E-state index contributed by atoms with van der Waals surface area (Å²) in [6.45, 7) is -1.37. The number of allylic oxidation sites excluding steroid dienone is 1. The standard InChI is InChI=1S/C15H17F3N2O2/c16-15(17,18)10-20-8-4-7-12(14(20)22)19-13(21)9-11-5-2-1-3-6-11/h4-5,7-8H,1-3,6,9-10H2,(H,19,21). The van der Waals surface area contributed by atoms with Crippen molar-refractivity contribution in [3.63, 3.8) is 0 Å². The zero-order chi connectivity index (χ0) is 16.2. The van der Waals surface area contributed by atoms with Crippen LogP contribution in [-0.4, -0.2) is 16.7 Å². The lowest BCUT2D eigenvalue weighted by Crippen LogP contribution is -2.30. The minimum atomic E-state index is -4.49. The van der Waals surface area contributed by atoms with Crippen LogP contribution in [0.3, 0.4) is 0 Å². The van der Waals surface area contributed by atoms with Gasteiger partial charge in [0.05, 0.1) is 0 Å². The van der Waals surface area contributed by atoms with Crippen LogP contribution in [-0.2, 0) is 11.3 Å². The molecule has 2 rings (SSSR count). The molecule has 1 amide bonds. The van der Waals surface area contributed by atoms with Crippen LogP contribution in [0.25, 0.3) is 0 Å². The zero-order valence-corrected chi connectivity index (χ0v) is 11.9. The Morgan fingerprint density at radius 3 is 2.73 bits per heavy atom. The van der Waals surface area contributed by atoms with Gasteiger partial charge < -0.3 is 9.88 Å². The van der Waals surface area contributed by atoms with Gasteiger partial charge in [0.25, 0.3) is 5.56 Å². The SMILES string of the molecule is O=C(CC1=CCCCC1)Nc1cccn(CC(F)(F)F)c1=O. The summed E-state index contributed by atoms with van der Waals surface area (Å²) >= 11 is 0. The van der Waals surface area contributed by atoms with E-state index in [0.29, 0.717) is 4.57 Å². The van der Waals surface area contributed by atoms with Gasteiger partial charge in [-0.1, -0.05) is 11.6 Å². The maximum absolute atomic E-state index is 12.4. The number of carbonyl (C=O) groups is 1. The highest BCUT2D eigenvalue weighted by atomic mass is 19.4. The van der Waals surface area contributed by atoms with Crippen LogP contribution < -0.4 is 10.9 Å². The second kappa shape index (κ2) is 6.81. The molecule has 0 bridgehead atoms. The maximum atomic E-state index is 12.4. The molecule has 0 fully saturated rings. The van der Waals surface area contributed by atoms with Crippen LogP contribution in [0.1, 0.15) is 32.1 Å². The van der Waals surface area contributed by atoms with E-state index in [-0.39, 0.29) is 18.0 Å². The summed E-state index contributed by atoms with van der Waals surface area (Å²) in [6, 6.07) is 2.62. The Balaban J connectivity index is 2.06. The second-order valence-electron chi connectivity index (χ2n) is 5.30. The van der Waals surface area contributed by atoms with Gasteiger partial charge in [0.15, 0.2) is 0 Å². The third-order valence-corrected chi connectivity index (χ3v) is 3.42. The average Bonchev–Trinajstić information content (AvgIpc) is 2.43. The summed E-state index contributed by atoms with van der Waals surface area (Å²) in [7, 11) is 0. The molecule has 0 atom stereocenters. The highest BCUT2D eigenvalue weighted by Gasteiger charge is 2.28. The van der Waals surface area contributed by atoms with Gasteiger partial charge >= 0.3 is 6.18 Å². The Morgan fingerprint density at radius 2 is 2.09 bits per heavy atom. The van der Waals surface area contributed by atoms with Gasteiger partial charge in [-0.25, -0.2) is 0 Å². The number of hydrogen-bond acceptors (Lipinski definition) is 2. The molecule has 0 aromatic carbocycles. The highest BCUT2D eigenvalue weighted by molar-refractivity contribution is 5.92. The van der Waals surface area contributed by atoms with Gasteiger partial charge in [0.1, 0.15) is 12.2 Å². The Hall–Kier alpha value is -2.05. The molecule has 0 saturated heterocycles. The van der Waals surface area contributed by atoms with E-state index in [1.165, 1.54) is 12.1 Å². The van der Waals surface area contributed by atoms with Crippen LogP contribution in [0.15, 0.2) is 34.8 Å². The molecule has 0 unspecified atom stereocenters. The number of nitrogens with zero attached hydrogens (tertiary/aromatic N) is 1. The third kappa shape index (κ3) is 4.75. The fourth-order valence-corrected chi connectivity index (χ4v) is 2.42. The summed E-state index contributed by atoms with van der Waals surface area (Å²) in [5, 5.41) is 2.40. The predicted octanol–water partition coefficient (Wildman–Crippen LogP) is 3.24. The quantitative estimate of drug-likeness (QED) is 0.867. The van der Waals surface area contributed by atoms with Gasteiger partial charge in [-0.15, -0.1) is 0 Å². The van der Waals surface area contributed by atoms with E-state index in [1.54, 1.807) is 0 Å². The number of nitrogens with one attached hydrogen (secondary N) is 1. The molecule has 1 aromatic heterocycles. The van der Waals surface area contributed by atoms with Crippen LogP contribution in [0, 0.1) is 0 Å². The molecular formula is C15H17F3N2O2. The number of halogens is 3. The minimum absolute atomic E-state index is 0.131. The first-order valence-electron chi connectivity index (χ1n) is 7.09. The fraction of sp³-hybridized carbons (Fsp3) is 0.467. The van der Waals surface area contributed by atoms with Crippen molar-refractivity contribution >= 4 is 11.6 Å². The van der Waals surface area contributed by atoms with Crippen molar-refractivity contribution in [1.29, 1.82) is 0 Å². The molecule has 1 N–H and O–H groups in total. The first kappa shape index (κ1) is 16.3. The van der Waals surface area contributed by atoms with Crippen LogP contribution in [0.2, 0.25) is 0 Å². The van der Waals surface area contributed by atoms with E-state index in [0.717, 1.165) is 37.5 Å². The van der Waals surface area contributed by atoms with Crippen molar-refractivity contribution in [1.82, 2.24) is 4.57 Å². The lowest BCUT2D eigenvalue weighted by Gasteiger charge is -2.13. The van der Waals surface area contributed by atoms with E-state index in [1.807, 2.05) is 6.08 Å². The summed E-state index contributed by atoms with van der Waals surface area (Å²) in [5.74, 6) is -0.380. The lowest BCUT2D eigenvalue weighted by atomic mass is 9.97. The fourth-order valence-electron chi connectivity index (χ4n) is 2.42. The largest absolute Gasteiger partial charge is 0.406 e. The second-order valence-corrected chi connectivity index (χ2v) is 5.30. The summed E-state index contributed by atoms with van der Waals surface area (Å²) in [4.78, 5) is 23.8. The molecule has 0 aliphatic heterocycles. The molecular weight excluding hydrogens is 297 g/mol. The predicted molar refractivity (Wildman–Crippen MR) is 76.6 cm³/mol. The monoisotopic (exact) mass is 314 g/mol. The Labute approximate surface area is 125 Å². The third-order valence-electron chi connectivity index (χ3n) is 3.42. The number of alkyl halides is 3. The number of amides is 1. The van der Waals surface area contributed by atoms with Gasteiger partial charge in [-0.2, -0.15) is 13.2 Å². The number of rotatable bonds is 4. The average molecular weight is 314 g/mol. The summed E-state index contributed by atoms with van der Waals surface area (Å²) in [5.41, 5.74) is 0.0225. The molecule has 4 nitrogen and oxygen atoms in total. The number of pyridine rings is 1. The normalized spacial score (nSPS) is 15.3. The van der Waals surface area contributed by atoms with Crippen molar-refractivity contribution in [2.45, 2.75) is 44.8 Å². The molecule has 0 radical (unpaired) electrons. The van der Waals surface area contributed by atoms with E-state index in [2.05, 4.69) is 5.32 Å². The Kier molecular flexibility index (Phi) is 5.05. The first-order chi connectivity index (χ1) is 10.3. The van der Waals surface area contributed by atoms with Gasteiger partial charge in [0.2, 0.25) is 5.91 Å². The van der Waals surface area contributed by atoms with Gasteiger partial charge in [-0.3, -0.25) is 9.59 Å². The molecule has 1 aliphatic carbocycles. The zero-order valence-electron chi connectivity index (χ0n) is 11.9. The number of carbonyl (C=O) groups excluding carboxylic acids is 1. The van der Waals surface area contributed by atoms with Crippen molar-refractivity contribution in [2.75, 3.05) is 5.32 Å².